The second kappa shape index (κ2) is 11.7. The molecule has 1 N–H and O–H groups in total. The lowest BCUT2D eigenvalue weighted by atomic mass is 10.1. The fraction of sp³-hybridized carbons (Fsp3) is 1.00. The Morgan fingerprint density at radius 1 is 1.11 bits per heavy atom. The lowest BCUT2D eigenvalue weighted by Gasteiger charge is -2.16. The number of hydrogen-bond donors (Lipinski definition) is 1. The standard InChI is InChI=1S/C16H34N2O/c1-3-9-16(4-2)19-15-8-11-17-10-7-14-18-12-5-6-13-18/h16-17H,3-15H2,1-2H3. The lowest BCUT2D eigenvalue weighted by Crippen LogP contribution is -2.26. The van der Waals surface area contributed by atoms with E-state index in [1.165, 1.54) is 51.7 Å². The SMILES string of the molecule is CCCC(CC)OCCCNCCCN1CCCC1. The number of likely N-dealkylation sites (tertiary alicyclic amines) is 1. The van der Waals surface area contributed by atoms with Crippen LogP contribution in [0.1, 0.15) is 58.8 Å². The minimum atomic E-state index is 0.486. The average molecular weight is 270 g/mol. The maximum atomic E-state index is 5.87. The summed E-state index contributed by atoms with van der Waals surface area (Å²) >= 11 is 0. The maximum Gasteiger partial charge on any atom is 0.0572 e. The van der Waals surface area contributed by atoms with Crippen LogP contribution in [0, 0.1) is 0 Å². The molecule has 1 aliphatic rings. The van der Waals surface area contributed by atoms with Crippen molar-refractivity contribution >= 4 is 0 Å². The Labute approximate surface area is 120 Å². The third-order valence-corrected chi connectivity index (χ3v) is 3.94. The van der Waals surface area contributed by atoms with Gasteiger partial charge in [-0.25, -0.2) is 0 Å². The maximum absolute atomic E-state index is 5.87. The summed E-state index contributed by atoms with van der Waals surface area (Å²) in [5.41, 5.74) is 0. The molecule has 0 aromatic rings. The molecule has 19 heavy (non-hydrogen) atoms. The van der Waals surface area contributed by atoms with Gasteiger partial charge < -0.3 is 15.0 Å². The van der Waals surface area contributed by atoms with Gasteiger partial charge in [-0.3, -0.25) is 0 Å². The van der Waals surface area contributed by atoms with Gasteiger partial charge in [0.1, 0.15) is 0 Å². The molecule has 0 radical (unpaired) electrons. The number of hydrogen-bond acceptors (Lipinski definition) is 3. The molecule has 114 valence electrons. The summed E-state index contributed by atoms with van der Waals surface area (Å²) in [5.74, 6) is 0. The summed E-state index contributed by atoms with van der Waals surface area (Å²) in [6, 6.07) is 0. The van der Waals surface area contributed by atoms with E-state index in [4.69, 9.17) is 4.74 Å². The normalized spacial score (nSPS) is 18.0. The molecule has 1 rings (SSSR count). The summed E-state index contributed by atoms with van der Waals surface area (Å²) in [6.45, 7) is 11.5. The van der Waals surface area contributed by atoms with Crippen LogP contribution < -0.4 is 5.32 Å². The van der Waals surface area contributed by atoms with Crippen LogP contribution in [0.15, 0.2) is 0 Å². The van der Waals surface area contributed by atoms with E-state index in [1.807, 2.05) is 0 Å². The smallest absolute Gasteiger partial charge is 0.0572 e. The highest BCUT2D eigenvalue weighted by Gasteiger charge is 2.09. The molecule has 3 heteroatoms. The van der Waals surface area contributed by atoms with Gasteiger partial charge in [-0.1, -0.05) is 20.3 Å². The first kappa shape index (κ1) is 16.9. The van der Waals surface area contributed by atoms with Crippen molar-refractivity contribution in [3.8, 4) is 0 Å². The first-order valence-electron chi connectivity index (χ1n) is 8.41. The minimum absolute atomic E-state index is 0.486. The third-order valence-electron chi connectivity index (χ3n) is 3.94. The Morgan fingerprint density at radius 2 is 1.84 bits per heavy atom. The monoisotopic (exact) mass is 270 g/mol. The molecule has 1 unspecified atom stereocenters. The zero-order valence-electron chi connectivity index (χ0n) is 13.1. The van der Waals surface area contributed by atoms with Crippen LogP contribution >= 0.6 is 0 Å². The lowest BCUT2D eigenvalue weighted by molar-refractivity contribution is 0.0431. The molecule has 0 aromatic carbocycles. The highest BCUT2D eigenvalue weighted by molar-refractivity contribution is 4.66. The molecule has 0 spiro atoms. The molecule has 0 amide bonds. The van der Waals surface area contributed by atoms with Crippen molar-refractivity contribution in [1.29, 1.82) is 0 Å². The summed E-state index contributed by atoms with van der Waals surface area (Å²) < 4.78 is 5.87. The number of nitrogens with one attached hydrogen (secondary N) is 1. The third kappa shape index (κ3) is 8.61. The Kier molecular flexibility index (Phi) is 10.4. The Balaban J connectivity index is 1.80. The Hall–Kier alpha value is -0.120. The van der Waals surface area contributed by atoms with Gasteiger partial charge in [0, 0.05) is 6.61 Å². The molecule has 0 saturated carbocycles. The average Bonchev–Trinajstić information content (AvgIpc) is 2.93. The van der Waals surface area contributed by atoms with Crippen LogP contribution in [0.4, 0.5) is 0 Å². The molecular weight excluding hydrogens is 236 g/mol. The van der Waals surface area contributed by atoms with Crippen molar-refractivity contribution in [3.63, 3.8) is 0 Å². The van der Waals surface area contributed by atoms with E-state index in [2.05, 4.69) is 24.1 Å². The molecule has 0 aliphatic carbocycles. The van der Waals surface area contributed by atoms with E-state index >= 15 is 0 Å². The zero-order valence-corrected chi connectivity index (χ0v) is 13.1. The van der Waals surface area contributed by atoms with Crippen LogP contribution in [0.3, 0.4) is 0 Å². The van der Waals surface area contributed by atoms with E-state index < -0.39 is 0 Å². The summed E-state index contributed by atoms with van der Waals surface area (Å²) in [7, 11) is 0. The van der Waals surface area contributed by atoms with Crippen molar-refractivity contribution in [2.75, 3.05) is 39.3 Å². The van der Waals surface area contributed by atoms with Gasteiger partial charge in [-0.2, -0.15) is 0 Å². The van der Waals surface area contributed by atoms with Gasteiger partial charge in [0.2, 0.25) is 0 Å². The molecule has 1 atom stereocenters. The molecule has 1 heterocycles. The largest absolute Gasteiger partial charge is 0.378 e. The van der Waals surface area contributed by atoms with Crippen molar-refractivity contribution < 1.29 is 4.74 Å². The van der Waals surface area contributed by atoms with Crippen molar-refractivity contribution in [2.45, 2.75) is 64.9 Å². The second-order valence-corrected chi connectivity index (χ2v) is 5.70. The van der Waals surface area contributed by atoms with Gasteiger partial charge in [0.05, 0.1) is 6.10 Å². The van der Waals surface area contributed by atoms with Gasteiger partial charge in [-0.15, -0.1) is 0 Å². The van der Waals surface area contributed by atoms with E-state index in [1.54, 1.807) is 0 Å². The first-order valence-corrected chi connectivity index (χ1v) is 8.41. The minimum Gasteiger partial charge on any atom is -0.378 e. The summed E-state index contributed by atoms with van der Waals surface area (Å²) in [6.07, 6.45) is 9.31. The molecular formula is C16H34N2O. The Morgan fingerprint density at radius 3 is 2.53 bits per heavy atom. The molecule has 1 saturated heterocycles. The van der Waals surface area contributed by atoms with Crippen LogP contribution in [0.5, 0.6) is 0 Å². The summed E-state index contributed by atoms with van der Waals surface area (Å²) in [5, 5.41) is 3.53. The van der Waals surface area contributed by atoms with Crippen molar-refractivity contribution in [2.24, 2.45) is 0 Å². The topological polar surface area (TPSA) is 24.5 Å². The van der Waals surface area contributed by atoms with Crippen molar-refractivity contribution in [1.82, 2.24) is 10.2 Å². The highest BCUT2D eigenvalue weighted by Crippen LogP contribution is 2.07. The van der Waals surface area contributed by atoms with Crippen molar-refractivity contribution in [3.05, 3.63) is 0 Å². The Bertz CT molecular complexity index is 193. The number of rotatable bonds is 12. The van der Waals surface area contributed by atoms with Gasteiger partial charge in [0.25, 0.3) is 0 Å². The second-order valence-electron chi connectivity index (χ2n) is 5.70. The summed E-state index contributed by atoms with van der Waals surface area (Å²) in [4.78, 5) is 2.58. The highest BCUT2D eigenvalue weighted by atomic mass is 16.5. The van der Waals surface area contributed by atoms with E-state index in [0.717, 1.165) is 32.5 Å². The first-order chi connectivity index (χ1) is 9.36. The van der Waals surface area contributed by atoms with Crippen LogP contribution in [0.25, 0.3) is 0 Å². The van der Waals surface area contributed by atoms with Gasteiger partial charge >= 0.3 is 0 Å². The van der Waals surface area contributed by atoms with Crippen LogP contribution in [0.2, 0.25) is 0 Å². The fourth-order valence-electron chi connectivity index (χ4n) is 2.73. The van der Waals surface area contributed by atoms with Gasteiger partial charge in [-0.05, 0) is 71.2 Å². The fourth-order valence-corrected chi connectivity index (χ4v) is 2.73. The predicted molar refractivity (Wildman–Crippen MR) is 82.7 cm³/mol. The van der Waals surface area contributed by atoms with E-state index in [9.17, 15) is 0 Å². The van der Waals surface area contributed by atoms with Crippen LogP contribution in [-0.4, -0.2) is 50.3 Å². The quantitative estimate of drug-likeness (QED) is 0.552. The zero-order chi connectivity index (χ0) is 13.8. The predicted octanol–water partition coefficient (Wildman–Crippen LogP) is 3.05. The molecule has 1 aliphatic heterocycles. The number of ether oxygens (including phenoxy) is 1. The van der Waals surface area contributed by atoms with E-state index in [-0.39, 0.29) is 0 Å². The van der Waals surface area contributed by atoms with Gasteiger partial charge in [0.15, 0.2) is 0 Å². The number of nitrogens with zero attached hydrogens (tertiary/aromatic N) is 1. The van der Waals surface area contributed by atoms with Crippen LogP contribution in [-0.2, 0) is 4.74 Å². The molecule has 1 fully saturated rings. The molecule has 3 nitrogen and oxygen atoms in total. The van der Waals surface area contributed by atoms with E-state index in [0.29, 0.717) is 6.10 Å². The molecule has 0 bridgehead atoms. The molecule has 0 aromatic heterocycles.